The molecule has 3 rings (SSSR count). The quantitative estimate of drug-likeness (QED) is 0.752. The highest BCUT2D eigenvalue weighted by Crippen LogP contribution is 2.35. The molecule has 0 radical (unpaired) electrons. The Bertz CT molecular complexity index is 851. The summed E-state index contributed by atoms with van der Waals surface area (Å²) in [5, 5.41) is 15.3. The largest absolute Gasteiger partial charge is 0.380 e. The molecule has 1 fully saturated rings. The van der Waals surface area contributed by atoms with E-state index >= 15 is 0 Å². The molecule has 2 aliphatic rings. The van der Waals surface area contributed by atoms with Crippen LogP contribution >= 0.6 is 0 Å². The number of carbonyl (C=O) groups excluding carboxylic acids is 2. The minimum Gasteiger partial charge on any atom is -0.380 e. The van der Waals surface area contributed by atoms with E-state index in [0.717, 1.165) is 11.3 Å². The highest BCUT2D eigenvalue weighted by Gasteiger charge is 2.37. The van der Waals surface area contributed by atoms with Gasteiger partial charge in [-0.05, 0) is 31.7 Å². The molecule has 0 aromatic heterocycles. The van der Waals surface area contributed by atoms with E-state index in [0.29, 0.717) is 19.3 Å². The number of benzene rings is 1. The monoisotopic (exact) mass is 412 g/mol. The van der Waals surface area contributed by atoms with Gasteiger partial charge >= 0.3 is 0 Å². The van der Waals surface area contributed by atoms with Crippen LogP contribution in [0.4, 0.5) is 4.39 Å². The lowest BCUT2D eigenvalue weighted by Gasteiger charge is -2.33. The van der Waals surface area contributed by atoms with E-state index in [4.69, 9.17) is 5.26 Å². The van der Waals surface area contributed by atoms with E-state index in [9.17, 15) is 14.0 Å². The SMILES string of the molecule is C[C@H](NC(=O)C1(C)CC=C(NCC(=O)N2C[C@@H](F)C[C@H]2C#N)CC1)c1ccccc1. The Balaban J connectivity index is 1.51. The molecule has 1 saturated heterocycles. The molecular weight excluding hydrogens is 383 g/mol. The summed E-state index contributed by atoms with van der Waals surface area (Å²) in [6.45, 7) is 3.95. The van der Waals surface area contributed by atoms with Crippen molar-refractivity contribution in [3.8, 4) is 6.07 Å². The zero-order valence-corrected chi connectivity index (χ0v) is 17.5. The predicted molar refractivity (Wildman–Crippen MR) is 112 cm³/mol. The first-order chi connectivity index (χ1) is 14.3. The fourth-order valence-corrected chi connectivity index (χ4v) is 4.00. The molecule has 4 atom stereocenters. The molecule has 2 N–H and O–H groups in total. The summed E-state index contributed by atoms with van der Waals surface area (Å²) in [7, 11) is 0. The lowest BCUT2D eigenvalue weighted by molar-refractivity contribution is -0.132. The van der Waals surface area contributed by atoms with Crippen molar-refractivity contribution in [2.75, 3.05) is 13.1 Å². The highest BCUT2D eigenvalue weighted by atomic mass is 19.1. The van der Waals surface area contributed by atoms with Gasteiger partial charge in [-0.3, -0.25) is 9.59 Å². The summed E-state index contributed by atoms with van der Waals surface area (Å²) in [4.78, 5) is 26.5. The maximum Gasteiger partial charge on any atom is 0.243 e. The Morgan fingerprint density at radius 1 is 1.37 bits per heavy atom. The number of hydrogen-bond donors (Lipinski definition) is 2. The molecule has 1 aromatic carbocycles. The molecule has 1 aliphatic carbocycles. The first-order valence-electron chi connectivity index (χ1n) is 10.4. The molecule has 1 aliphatic heterocycles. The van der Waals surface area contributed by atoms with Gasteiger partial charge in [0.1, 0.15) is 12.2 Å². The first-order valence-corrected chi connectivity index (χ1v) is 10.4. The van der Waals surface area contributed by atoms with E-state index < -0.39 is 17.6 Å². The molecular formula is C23H29FN4O2. The Morgan fingerprint density at radius 2 is 2.10 bits per heavy atom. The average Bonchev–Trinajstić information content (AvgIpc) is 3.14. The standard InChI is InChI=1S/C23H29FN4O2/c1-16(17-6-4-3-5-7-17)27-22(30)23(2)10-8-19(9-11-23)26-14-21(29)28-15-18(24)12-20(28)13-25/h3-8,16,18,20,26H,9-12,14-15H2,1-2H3,(H,27,30)/t16-,18-,20-,23?/m0/s1. The van der Waals surface area contributed by atoms with Crippen molar-refractivity contribution in [1.82, 2.24) is 15.5 Å². The van der Waals surface area contributed by atoms with Gasteiger partial charge in [0.2, 0.25) is 11.8 Å². The summed E-state index contributed by atoms with van der Waals surface area (Å²) >= 11 is 0. The van der Waals surface area contributed by atoms with Crippen molar-refractivity contribution in [3.63, 3.8) is 0 Å². The number of nitriles is 1. The second kappa shape index (κ2) is 9.29. The van der Waals surface area contributed by atoms with Crippen molar-refractivity contribution in [1.29, 1.82) is 5.26 Å². The number of nitrogens with one attached hydrogen (secondary N) is 2. The Labute approximate surface area is 177 Å². The van der Waals surface area contributed by atoms with Crippen LogP contribution in [-0.2, 0) is 9.59 Å². The van der Waals surface area contributed by atoms with Crippen LogP contribution < -0.4 is 10.6 Å². The van der Waals surface area contributed by atoms with Gasteiger partial charge in [-0.15, -0.1) is 0 Å². The van der Waals surface area contributed by atoms with Crippen LogP contribution in [0.25, 0.3) is 0 Å². The van der Waals surface area contributed by atoms with Crippen LogP contribution in [0.5, 0.6) is 0 Å². The molecule has 160 valence electrons. The summed E-state index contributed by atoms with van der Waals surface area (Å²) < 4.78 is 13.5. The number of amides is 2. The molecule has 1 aromatic rings. The maximum atomic E-state index is 13.5. The zero-order valence-electron chi connectivity index (χ0n) is 17.5. The number of carbonyl (C=O) groups is 2. The number of alkyl halides is 1. The summed E-state index contributed by atoms with van der Waals surface area (Å²) in [6, 6.07) is 11.1. The summed E-state index contributed by atoms with van der Waals surface area (Å²) in [5.74, 6) is -0.251. The molecule has 30 heavy (non-hydrogen) atoms. The van der Waals surface area contributed by atoms with Crippen molar-refractivity contribution in [2.45, 2.75) is 57.8 Å². The Kier molecular flexibility index (Phi) is 6.76. The highest BCUT2D eigenvalue weighted by molar-refractivity contribution is 5.83. The molecule has 6 nitrogen and oxygen atoms in total. The van der Waals surface area contributed by atoms with Gasteiger partial charge in [0.15, 0.2) is 0 Å². The first kappa shape index (κ1) is 21.8. The molecule has 1 heterocycles. The molecule has 2 amide bonds. The smallest absolute Gasteiger partial charge is 0.243 e. The Hall–Kier alpha value is -2.88. The topological polar surface area (TPSA) is 85.2 Å². The molecule has 0 spiro atoms. The van der Waals surface area contributed by atoms with Crippen LogP contribution in [0.2, 0.25) is 0 Å². The minimum atomic E-state index is -1.13. The minimum absolute atomic E-state index is 0.0182. The van der Waals surface area contributed by atoms with E-state index in [2.05, 4.69) is 10.6 Å². The fourth-order valence-electron chi connectivity index (χ4n) is 4.00. The number of hydrogen-bond acceptors (Lipinski definition) is 4. The normalized spacial score (nSPS) is 27.0. The van der Waals surface area contributed by atoms with Gasteiger partial charge in [-0.1, -0.05) is 43.3 Å². The second-order valence-electron chi connectivity index (χ2n) is 8.48. The van der Waals surface area contributed by atoms with Crippen LogP contribution in [0.1, 0.15) is 51.1 Å². The van der Waals surface area contributed by atoms with Gasteiger partial charge in [0, 0.05) is 12.1 Å². The van der Waals surface area contributed by atoms with Gasteiger partial charge < -0.3 is 15.5 Å². The van der Waals surface area contributed by atoms with E-state index in [1.165, 1.54) is 4.90 Å². The van der Waals surface area contributed by atoms with Crippen LogP contribution in [0.3, 0.4) is 0 Å². The van der Waals surface area contributed by atoms with Crippen molar-refractivity contribution in [2.24, 2.45) is 5.41 Å². The fraction of sp³-hybridized carbons (Fsp3) is 0.522. The van der Waals surface area contributed by atoms with Crippen LogP contribution in [-0.4, -0.2) is 42.0 Å². The van der Waals surface area contributed by atoms with Crippen LogP contribution in [0, 0.1) is 16.7 Å². The van der Waals surface area contributed by atoms with Gasteiger partial charge in [0.25, 0.3) is 0 Å². The molecule has 7 heteroatoms. The third-order valence-corrected chi connectivity index (χ3v) is 6.13. The lowest BCUT2D eigenvalue weighted by atomic mass is 9.77. The third kappa shape index (κ3) is 4.99. The number of allylic oxidation sites excluding steroid dienone is 2. The van der Waals surface area contributed by atoms with Gasteiger partial charge in [0.05, 0.1) is 30.6 Å². The number of likely N-dealkylation sites (tertiary alicyclic amines) is 1. The van der Waals surface area contributed by atoms with E-state index in [1.54, 1.807) is 0 Å². The predicted octanol–water partition coefficient (Wildman–Crippen LogP) is 2.99. The van der Waals surface area contributed by atoms with Gasteiger partial charge in [-0.25, -0.2) is 4.39 Å². The molecule has 0 saturated carbocycles. The van der Waals surface area contributed by atoms with Gasteiger partial charge in [-0.2, -0.15) is 5.26 Å². The lowest BCUT2D eigenvalue weighted by Crippen LogP contribution is -2.43. The van der Waals surface area contributed by atoms with Crippen molar-refractivity contribution < 1.29 is 14.0 Å². The number of halogens is 1. The van der Waals surface area contributed by atoms with Crippen LogP contribution in [0.15, 0.2) is 42.1 Å². The average molecular weight is 413 g/mol. The number of nitrogens with zero attached hydrogens (tertiary/aromatic N) is 2. The molecule has 0 bridgehead atoms. The molecule has 1 unspecified atom stereocenters. The summed E-state index contributed by atoms with van der Waals surface area (Å²) in [6.07, 6.45) is 2.82. The summed E-state index contributed by atoms with van der Waals surface area (Å²) in [5.41, 5.74) is 1.48. The second-order valence-corrected chi connectivity index (χ2v) is 8.48. The van der Waals surface area contributed by atoms with Crippen molar-refractivity contribution in [3.05, 3.63) is 47.7 Å². The third-order valence-electron chi connectivity index (χ3n) is 6.13. The van der Waals surface area contributed by atoms with E-state index in [-0.39, 0.29) is 37.4 Å². The number of rotatable bonds is 6. The Morgan fingerprint density at radius 3 is 2.73 bits per heavy atom. The van der Waals surface area contributed by atoms with E-state index in [1.807, 2.05) is 56.3 Å². The van der Waals surface area contributed by atoms with Crippen molar-refractivity contribution >= 4 is 11.8 Å². The maximum absolute atomic E-state index is 13.5. The zero-order chi connectivity index (χ0) is 21.7.